The van der Waals surface area contributed by atoms with Crippen molar-refractivity contribution in [2.75, 3.05) is 5.32 Å². The number of carbonyl (C=O) groups excluding carboxylic acids is 1. The van der Waals surface area contributed by atoms with Crippen molar-refractivity contribution in [2.45, 2.75) is 26.7 Å². The van der Waals surface area contributed by atoms with Crippen LogP contribution in [0.5, 0.6) is 0 Å². The second-order valence-corrected chi connectivity index (χ2v) is 8.15. The molecule has 0 bridgehead atoms. The number of nitrogens with zero attached hydrogens (tertiary/aromatic N) is 4. The molecule has 6 nitrogen and oxygen atoms in total. The lowest BCUT2D eigenvalue weighted by molar-refractivity contribution is 0.102. The molecular formula is C23H23N5OS. The normalized spacial score (nSPS) is 10.9. The van der Waals surface area contributed by atoms with Gasteiger partial charge in [-0.25, -0.2) is 9.97 Å². The van der Waals surface area contributed by atoms with Crippen LogP contribution in [0.1, 0.15) is 32.9 Å². The predicted octanol–water partition coefficient (Wildman–Crippen LogP) is 4.59. The number of pyridine rings is 1. The van der Waals surface area contributed by atoms with E-state index in [1.54, 1.807) is 24.5 Å². The number of hydrogen-bond donors (Lipinski definition) is 1. The van der Waals surface area contributed by atoms with Crippen LogP contribution >= 0.6 is 11.3 Å². The predicted molar refractivity (Wildman–Crippen MR) is 120 cm³/mol. The first-order valence-corrected chi connectivity index (χ1v) is 10.6. The zero-order valence-electron chi connectivity index (χ0n) is 17.2. The third-order valence-electron chi connectivity index (χ3n) is 5.07. The van der Waals surface area contributed by atoms with Gasteiger partial charge in [0.25, 0.3) is 5.91 Å². The highest BCUT2D eigenvalue weighted by atomic mass is 32.1. The molecule has 0 atom stereocenters. The van der Waals surface area contributed by atoms with Crippen LogP contribution in [0.15, 0.2) is 54.4 Å². The number of nitrogens with one attached hydrogen (secondary N) is 1. The highest BCUT2D eigenvalue weighted by Gasteiger charge is 2.14. The Labute approximate surface area is 179 Å². The second-order valence-electron chi connectivity index (χ2n) is 7.29. The minimum atomic E-state index is -0.184. The Balaban J connectivity index is 1.50. The zero-order chi connectivity index (χ0) is 21.1. The largest absolute Gasteiger partial charge is 0.338 e. The Hall–Kier alpha value is -3.32. The summed E-state index contributed by atoms with van der Waals surface area (Å²) in [5.74, 6) is 0.903. The van der Waals surface area contributed by atoms with Gasteiger partial charge in [0.1, 0.15) is 5.82 Å². The van der Waals surface area contributed by atoms with Crippen LogP contribution in [0.2, 0.25) is 0 Å². The highest BCUT2D eigenvalue weighted by Crippen LogP contribution is 2.31. The van der Waals surface area contributed by atoms with Gasteiger partial charge in [0.05, 0.1) is 5.69 Å². The summed E-state index contributed by atoms with van der Waals surface area (Å²) in [7, 11) is 2.02. The molecule has 152 valence electrons. The fourth-order valence-electron chi connectivity index (χ4n) is 3.61. The molecule has 4 aromatic rings. The van der Waals surface area contributed by atoms with E-state index >= 15 is 0 Å². The first-order chi connectivity index (χ1) is 14.5. The fourth-order valence-corrected chi connectivity index (χ4v) is 4.31. The van der Waals surface area contributed by atoms with Crippen molar-refractivity contribution >= 4 is 22.4 Å². The van der Waals surface area contributed by atoms with Crippen LogP contribution in [0.25, 0.3) is 11.3 Å². The topological polar surface area (TPSA) is 72.7 Å². The van der Waals surface area contributed by atoms with Gasteiger partial charge in [-0.05, 0) is 49.1 Å². The van der Waals surface area contributed by atoms with Gasteiger partial charge in [0, 0.05) is 54.8 Å². The maximum Gasteiger partial charge on any atom is 0.257 e. The smallest absolute Gasteiger partial charge is 0.257 e. The maximum absolute atomic E-state index is 12.4. The molecule has 3 heterocycles. The van der Waals surface area contributed by atoms with Crippen LogP contribution < -0.4 is 5.32 Å². The average molecular weight is 418 g/mol. The molecule has 30 heavy (non-hydrogen) atoms. The fraction of sp³-hybridized carbons (Fsp3) is 0.217. The van der Waals surface area contributed by atoms with E-state index in [1.165, 1.54) is 28.0 Å². The molecule has 0 saturated carbocycles. The van der Waals surface area contributed by atoms with Gasteiger partial charge >= 0.3 is 0 Å². The van der Waals surface area contributed by atoms with Crippen molar-refractivity contribution in [2.24, 2.45) is 7.05 Å². The standard InChI is InChI=1S/C23H23N5OS/c1-15-12-17(4-5-20-25-10-11-28(20)3)13-16(2)21(15)19-14-30-23(26-19)27-22(29)18-6-8-24-9-7-18/h6-14H,4-5H2,1-3H3,(H,26,27,29). The molecule has 0 aliphatic carbocycles. The van der Waals surface area contributed by atoms with Gasteiger partial charge in [0.15, 0.2) is 5.13 Å². The van der Waals surface area contributed by atoms with E-state index in [-0.39, 0.29) is 5.91 Å². The summed E-state index contributed by atoms with van der Waals surface area (Å²) in [5.41, 5.74) is 6.22. The van der Waals surface area contributed by atoms with Crippen LogP contribution in [0.4, 0.5) is 5.13 Å². The highest BCUT2D eigenvalue weighted by molar-refractivity contribution is 7.14. The van der Waals surface area contributed by atoms with E-state index < -0.39 is 0 Å². The van der Waals surface area contributed by atoms with Crippen molar-refractivity contribution in [3.63, 3.8) is 0 Å². The number of aromatic nitrogens is 4. The average Bonchev–Trinajstić information content (AvgIpc) is 3.35. The Kier molecular flexibility index (Phi) is 5.72. The Morgan fingerprint density at radius 1 is 1.10 bits per heavy atom. The minimum absolute atomic E-state index is 0.184. The molecule has 0 aliphatic heterocycles. The van der Waals surface area contributed by atoms with Crippen molar-refractivity contribution in [1.29, 1.82) is 0 Å². The summed E-state index contributed by atoms with van der Waals surface area (Å²) in [4.78, 5) is 25.4. The number of carbonyl (C=O) groups is 1. The molecule has 1 N–H and O–H groups in total. The molecule has 0 aliphatic rings. The van der Waals surface area contributed by atoms with E-state index in [2.05, 4.69) is 50.8 Å². The van der Waals surface area contributed by atoms with E-state index in [4.69, 9.17) is 0 Å². The Bertz CT molecular complexity index is 1160. The van der Waals surface area contributed by atoms with E-state index in [9.17, 15) is 4.79 Å². The molecule has 0 fully saturated rings. The molecule has 7 heteroatoms. The van der Waals surface area contributed by atoms with E-state index in [0.29, 0.717) is 10.7 Å². The van der Waals surface area contributed by atoms with Gasteiger partial charge in [-0.15, -0.1) is 11.3 Å². The van der Waals surface area contributed by atoms with Crippen molar-refractivity contribution < 1.29 is 4.79 Å². The number of anilines is 1. The number of thiazole rings is 1. The summed E-state index contributed by atoms with van der Waals surface area (Å²) in [5, 5.41) is 5.45. The second kappa shape index (κ2) is 8.59. The Morgan fingerprint density at radius 2 is 1.83 bits per heavy atom. The van der Waals surface area contributed by atoms with Crippen LogP contribution in [0.3, 0.4) is 0 Å². The lowest BCUT2D eigenvalue weighted by Gasteiger charge is -2.11. The molecule has 0 unspecified atom stereocenters. The quantitative estimate of drug-likeness (QED) is 0.498. The molecular weight excluding hydrogens is 394 g/mol. The minimum Gasteiger partial charge on any atom is -0.338 e. The summed E-state index contributed by atoms with van der Waals surface area (Å²) < 4.78 is 2.06. The first-order valence-electron chi connectivity index (χ1n) is 9.75. The third-order valence-corrected chi connectivity index (χ3v) is 5.83. The zero-order valence-corrected chi connectivity index (χ0v) is 18.0. The van der Waals surface area contributed by atoms with Crippen LogP contribution in [-0.4, -0.2) is 25.4 Å². The SMILES string of the molecule is Cc1cc(CCc2nccn2C)cc(C)c1-c1csc(NC(=O)c2ccncc2)n1. The molecule has 3 aromatic heterocycles. The van der Waals surface area contributed by atoms with Gasteiger partial charge < -0.3 is 4.57 Å². The Morgan fingerprint density at radius 3 is 2.50 bits per heavy atom. The molecule has 1 amide bonds. The number of benzene rings is 1. The number of hydrogen-bond acceptors (Lipinski definition) is 5. The number of imidazole rings is 1. The lowest BCUT2D eigenvalue weighted by Crippen LogP contribution is -2.11. The maximum atomic E-state index is 12.4. The number of aryl methyl sites for hydroxylation is 5. The molecule has 0 saturated heterocycles. The van der Waals surface area contributed by atoms with Gasteiger partial charge in [0.2, 0.25) is 0 Å². The summed E-state index contributed by atoms with van der Waals surface area (Å²) in [6.45, 7) is 4.22. The molecule has 1 aromatic carbocycles. The van der Waals surface area contributed by atoms with E-state index in [0.717, 1.165) is 29.9 Å². The van der Waals surface area contributed by atoms with Crippen molar-refractivity contribution in [3.05, 3.63) is 82.5 Å². The van der Waals surface area contributed by atoms with Crippen molar-refractivity contribution in [1.82, 2.24) is 19.5 Å². The lowest BCUT2D eigenvalue weighted by atomic mass is 9.95. The van der Waals surface area contributed by atoms with Crippen LogP contribution in [-0.2, 0) is 19.9 Å². The monoisotopic (exact) mass is 417 g/mol. The number of rotatable bonds is 6. The van der Waals surface area contributed by atoms with E-state index in [1.807, 2.05) is 24.8 Å². The summed E-state index contributed by atoms with van der Waals surface area (Å²) in [6.07, 6.45) is 8.86. The molecule has 0 spiro atoms. The van der Waals surface area contributed by atoms with Gasteiger partial charge in [-0.2, -0.15) is 0 Å². The molecule has 4 rings (SSSR count). The molecule has 0 radical (unpaired) electrons. The summed E-state index contributed by atoms with van der Waals surface area (Å²) in [6, 6.07) is 7.81. The summed E-state index contributed by atoms with van der Waals surface area (Å²) >= 11 is 1.43. The number of amides is 1. The van der Waals surface area contributed by atoms with Gasteiger partial charge in [-0.1, -0.05) is 12.1 Å². The first kappa shape index (κ1) is 20.0. The third kappa shape index (κ3) is 4.31. The van der Waals surface area contributed by atoms with Gasteiger partial charge in [-0.3, -0.25) is 15.1 Å². The van der Waals surface area contributed by atoms with Crippen molar-refractivity contribution in [3.8, 4) is 11.3 Å². The van der Waals surface area contributed by atoms with Crippen LogP contribution in [0, 0.1) is 13.8 Å².